The molecule has 5 nitrogen and oxygen atoms in total. The molecule has 3 aromatic rings. The second kappa shape index (κ2) is 9.20. The van der Waals surface area contributed by atoms with Crippen molar-refractivity contribution in [3.63, 3.8) is 0 Å². The number of aryl methyl sites for hydroxylation is 1. The maximum atomic E-state index is 13.7. The number of hydrogen-bond donors (Lipinski definition) is 2. The Labute approximate surface area is 200 Å². The number of hydrogen-bond acceptors (Lipinski definition) is 4. The summed E-state index contributed by atoms with van der Waals surface area (Å²) in [5.41, 5.74) is 10.4. The third kappa shape index (κ3) is 4.37. The van der Waals surface area contributed by atoms with Gasteiger partial charge in [-0.3, -0.25) is 0 Å². The summed E-state index contributed by atoms with van der Waals surface area (Å²) >= 11 is 6.24. The highest BCUT2D eigenvalue weighted by molar-refractivity contribution is 6.31. The van der Waals surface area contributed by atoms with E-state index in [-0.39, 0.29) is 11.4 Å². The molecule has 2 aromatic carbocycles. The van der Waals surface area contributed by atoms with Crippen LogP contribution in [0.2, 0.25) is 5.02 Å². The number of fused-ring (bicyclic) bond motifs is 1. The second-order valence-corrected chi connectivity index (χ2v) is 9.31. The number of nitrogens with zero attached hydrogens (tertiary/aromatic N) is 3. The maximum Gasteiger partial charge on any atom is 0.138 e. The number of halogens is 2. The van der Waals surface area contributed by atoms with E-state index in [1.807, 2.05) is 25.1 Å². The molecule has 1 aromatic heterocycles. The lowest BCUT2D eigenvalue weighted by Gasteiger charge is -2.45. The Morgan fingerprint density at radius 2 is 1.94 bits per heavy atom. The fourth-order valence-corrected chi connectivity index (χ4v) is 4.69. The van der Waals surface area contributed by atoms with E-state index in [0.29, 0.717) is 6.54 Å². The molecule has 174 valence electrons. The summed E-state index contributed by atoms with van der Waals surface area (Å²) in [4.78, 5) is 7.46. The molecule has 4 rings (SSSR count). The third-order valence-corrected chi connectivity index (χ3v) is 6.69. The Kier molecular flexibility index (Phi) is 6.50. The molecular formula is C26H31ClFN5. The minimum atomic E-state index is -0.372. The fraction of sp³-hybridized carbons (Fsp3) is 0.346. The molecule has 1 aliphatic rings. The van der Waals surface area contributed by atoms with Crippen molar-refractivity contribution in [3.05, 3.63) is 76.5 Å². The van der Waals surface area contributed by atoms with Gasteiger partial charge in [-0.2, -0.15) is 0 Å². The van der Waals surface area contributed by atoms with Gasteiger partial charge in [0.05, 0.1) is 5.54 Å². The van der Waals surface area contributed by atoms with Gasteiger partial charge in [-0.15, -0.1) is 0 Å². The molecule has 0 fully saturated rings. The summed E-state index contributed by atoms with van der Waals surface area (Å²) in [5, 5.41) is 4.30. The van der Waals surface area contributed by atoms with Gasteiger partial charge >= 0.3 is 0 Å². The SMILES string of the molecule is CC/C=C(\CN)N1CCn2c(nc(-c3ccc(F)cc3)c2Nc2ccc(Cl)c(C)c2)C1(C)C. The molecule has 0 saturated heterocycles. The van der Waals surface area contributed by atoms with Gasteiger partial charge in [0.1, 0.15) is 23.2 Å². The van der Waals surface area contributed by atoms with Crippen molar-refractivity contribution in [2.45, 2.75) is 46.2 Å². The van der Waals surface area contributed by atoms with E-state index < -0.39 is 0 Å². The lowest BCUT2D eigenvalue weighted by atomic mass is 9.97. The van der Waals surface area contributed by atoms with Crippen molar-refractivity contribution in [1.29, 1.82) is 0 Å². The van der Waals surface area contributed by atoms with Crippen LogP contribution in [0.25, 0.3) is 11.3 Å². The molecule has 0 atom stereocenters. The number of nitrogens with one attached hydrogen (secondary N) is 1. The van der Waals surface area contributed by atoms with Gasteiger partial charge in [-0.1, -0.05) is 24.6 Å². The summed E-state index contributed by atoms with van der Waals surface area (Å²) in [7, 11) is 0. The van der Waals surface area contributed by atoms with E-state index >= 15 is 0 Å². The molecule has 0 radical (unpaired) electrons. The zero-order chi connectivity index (χ0) is 23.8. The molecule has 0 bridgehead atoms. The molecule has 2 heterocycles. The van der Waals surface area contributed by atoms with Gasteiger partial charge in [0.15, 0.2) is 0 Å². The van der Waals surface area contributed by atoms with Gasteiger partial charge in [-0.05, 0) is 75.2 Å². The number of rotatable bonds is 6. The lowest BCUT2D eigenvalue weighted by molar-refractivity contribution is 0.117. The normalized spacial score (nSPS) is 15.5. The molecule has 7 heteroatoms. The minimum Gasteiger partial charge on any atom is -0.360 e. The lowest BCUT2D eigenvalue weighted by Crippen LogP contribution is -2.49. The van der Waals surface area contributed by atoms with Crippen LogP contribution >= 0.6 is 11.6 Å². The smallest absolute Gasteiger partial charge is 0.138 e. The Balaban J connectivity index is 1.85. The Hall–Kier alpha value is -2.83. The van der Waals surface area contributed by atoms with Crippen LogP contribution in [0.5, 0.6) is 0 Å². The van der Waals surface area contributed by atoms with Crippen molar-refractivity contribution >= 4 is 23.1 Å². The van der Waals surface area contributed by atoms with E-state index in [2.05, 4.69) is 41.6 Å². The van der Waals surface area contributed by atoms with Crippen LogP contribution in [-0.2, 0) is 12.1 Å². The second-order valence-electron chi connectivity index (χ2n) is 8.90. The number of anilines is 2. The number of benzene rings is 2. The van der Waals surface area contributed by atoms with E-state index in [1.54, 1.807) is 12.1 Å². The Morgan fingerprint density at radius 1 is 1.21 bits per heavy atom. The fourth-order valence-electron chi connectivity index (χ4n) is 4.57. The highest BCUT2D eigenvalue weighted by atomic mass is 35.5. The first-order chi connectivity index (χ1) is 15.8. The van der Waals surface area contributed by atoms with Gasteiger partial charge < -0.3 is 20.5 Å². The van der Waals surface area contributed by atoms with E-state index in [1.165, 1.54) is 12.1 Å². The molecule has 3 N–H and O–H groups in total. The number of allylic oxidation sites excluding steroid dienone is 1. The van der Waals surface area contributed by atoms with Crippen molar-refractivity contribution < 1.29 is 4.39 Å². The topological polar surface area (TPSA) is 59.1 Å². The molecule has 0 aliphatic carbocycles. The largest absolute Gasteiger partial charge is 0.360 e. The van der Waals surface area contributed by atoms with Crippen LogP contribution in [0.1, 0.15) is 38.6 Å². The summed E-state index contributed by atoms with van der Waals surface area (Å²) < 4.78 is 15.9. The van der Waals surface area contributed by atoms with Crippen LogP contribution in [0.4, 0.5) is 15.9 Å². The van der Waals surface area contributed by atoms with Crippen LogP contribution in [0.15, 0.2) is 54.2 Å². The average Bonchev–Trinajstić information content (AvgIpc) is 3.15. The number of imidazole rings is 1. The minimum absolute atomic E-state index is 0.269. The van der Waals surface area contributed by atoms with E-state index in [4.69, 9.17) is 22.3 Å². The Bertz CT molecular complexity index is 1180. The zero-order valence-corrected chi connectivity index (χ0v) is 20.4. The summed E-state index contributed by atoms with van der Waals surface area (Å²) in [5.74, 6) is 1.56. The van der Waals surface area contributed by atoms with Crippen molar-refractivity contribution in [2.75, 3.05) is 18.4 Å². The first-order valence-corrected chi connectivity index (χ1v) is 11.7. The number of nitrogens with two attached hydrogens (primary N) is 1. The highest BCUT2D eigenvalue weighted by Gasteiger charge is 2.39. The van der Waals surface area contributed by atoms with Crippen molar-refractivity contribution in [2.24, 2.45) is 5.73 Å². The van der Waals surface area contributed by atoms with E-state index in [0.717, 1.165) is 64.4 Å². The first kappa shape index (κ1) is 23.3. The first-order valence-electron chi connectivity index (χ1n) is 11.3. The molecule has 0 unspecified atom stereocenters. The van der Waals surface area contributed by atoms with Gasteiger partial charge in [0.2, 0.25) is 0 Å². The third-order valence-electron chi connectivity index (χ3n) is 6.27. The quantitative estimate of drug-likeness (QED) is 0.453. The monoisotopic (exact) mass is 467 g/mol. The highest BCUT2D eigenvalue weighted by Crippen LogP contribution is 2.41. The molecule has 0 amide bonds. The van der Waals surface area contributed by atoms with Gasteiger partial charge in [-0.25, -0.2) is 9.37 Å². The van der Waals surface area contributed by atoms with Crippen LogP contribution in [-0.4, -0.2) is 27.5 Å². The number of aromatic nitrogens is 2. The summed E-state index contributed by atoms with van der Waals surface area (Å²) in [6, 6.07) is 12.4. The average molecular weight is 468 g/mol. The molecular weight excluding hydrogens is 437 g/mol. The summed E-state index contributed by atoms with van der Waals surface area (Å²) in [6.07, 6.45) is 3.12. The summed E-state index contributed by atoms with van der Waals surface area (Å²) in [6.45, 7) is 10.5. The van der Waals surface area contributed by atoms with Crippen LogP contribution in [0.3, 0.4) is 0 Å². The van der Waals surface area contributed by atoms with Crippen LogP contribution in [0, 0.1) is 12.7 Å². The maximum absolute atomic E-state index is 13.7. The Morgan fingerprint density at radius 3 is 2.58 bits per heavy atom. The molecule has 1 aliphatic heterocycles. The van der Waals surface area contributed by atoms with Crippen LogP contribution < -0.4 is 11.1 Å². The molecule has 33 heavy (non-hydrogen) atoms. The van der Waals surface area contributed by atoms with E-state index in [9.17, 15) is 4.39 Å². The zero-order valence-electron chi connectivity index (χ0n) is 19.6. The van der Waals surface area contributed by atoms with Crippen molar-refractivity contribution in [3.8, 4) is 11.3 Å². The molecule has 0 spiro atoms. The predicted molar refractivity (Wildman–Crippen MR) is 134 cm³/mol. The standard InChI is InChI=1S/C26H31ClFN5/c1-5-6-21(16-29)33-14-13-32-24(30-20-11-12-22(27)17(2)15-20)23(31-25(32)26(33,3)4)18-7-9-19(28)10-8-18/h6-12,15,30H,5,13-14,16,29H2,1-4H3/b21-6+. The predicted octanol–water partition coefficient (Wildman–Crippen LogP) is 6.20. The van der Waals surface area contributed by atoms with Gasteiger partial charge in [0.25, 0.3) is 0 Å². The van der Waals surface area contributed by atoms with Gasteiger partial charge in [0, 0.05) is 41.6 Å². The van der Waals surface area contributed by atoms with Crippen molar-refractivity contribution in [1.82, 2.24) is 14.5 Å². The molecule has 0 saturated carbocycles.